The molecule has 2 aliphatic rings. The van der Waals surface area contributed by atoms with Crippen LogP contribution in [0.1, 0.15) is 27.2 Å². The summed E-state index contributed by atoms with van der Waals surface area (Å²) in [5, 5.41) is 3.38. The maximum absolute atomic E-state index is 12.0. The van der Waals surface area contributed by atoms with E-state index < -0.39 is 0 Å². The molecule has 0 aliphatic carbocycles. The second-order valence-electron chi connectivity index (χ2n) is 5.31. The van der Waals surface area contributed by atoms with Gasteiger partial charge in [-0.3, -0.25) is 15.6 Å². The first-order valence-electron chi connectivity index (χ1n) is 5.27. The van der Waals surface area contributed by atoms with Gasteiger partial charge in [0.1, 0.15) is 0 Å². The Kier molecular flexibility index (Phi) is 2.37. The van der Waals surface area contributed by atoms with Crippen LogP contribution in [0.2, 0.25) is 0 Å². The molecule has 0 aromatic carbocycles. The molecule has 2 saturated heterocycles. The Morgan fingerprint density at radius 2 is 2.00 bits per heavy atom. The van der Waals surface area contributed by atoms with Crippen molar-refractivity contribution in [3.63, 3.8) is 0 Å². The molecule has 0 radical (unpaired) electrons. The number of hydrogen-bond acceptors (Lipinski definition) is 4. The molecule has 4 heteroatoms. The Balaban J connectivity index is 1.99. The lowest BCUT2D eigenvalue weighted by atomic mass is 9.86. The van der Waals surface area contributed by atoms with Crippen molar-refractivity contribution < 1.29 is 4.79 Å². The van der Waals surface area contributed by atoms with Crippen LogP contribution in [0.5, 0.6) is 0 Å². The van der Waals surface area contributed by atoms with Crippen molar-refractivity contribution in [1.82, 2.24) is 16.2 Å². The van der Waals surface area contributed by atoms with Gasteiger partial charge in [0.25, 0.3) is 0 Å². The monoisotopic (exact) mass is 197 g/mol. The minimum absolute atomic E-state index is 0.0413. The fourth-order valence-corrected chi connectivity index (χ4v) is 2.23. The number of nitrogens with one attached hydrogen (secondary N) is 3. The molecule has 0 amide bonds. The number of fused-ring (bicyclic) bond motifs is 1. The lowest BCUT2D eigenvalue weighted by molar-refractivity contribution is -0.128. The van der Waals surface area contributed by atoms with Crippen LogP contribution in [0.15, 0.2) is 0 Å². The largest absolute Gasteiger partial charge is 0.302 e. The molecule has 2 fully saturated rings. The second-order valence-corrected chi connectivity index (χ2v) is 5.31. The van der Waals surface area contributed by atoms with Gasteiger partial charge >= 0.3 is 0 Å². The Bertz CT molecular complexity index is 234. The Labute approximate surface area is 84.8 Å². The van der Waals surface area contributed by atoms with E-state index in [1.807, 2.05) is 20.8 Å². The Hall–Kier alpha value is -0.450. The van der Waals surface area contributed by atoms with Gasteiger partial charge in [-0.25, -0.2) is 0 Å². The number of ketones is 1. The van der Waals surface area contributed by atoms with Crippen LogP contribution in [0, 0.1) is 5.41 Å². The minimum atomic E-state index is -0.232. The SMILES string of the molecule is CC(C)(C)C(=O)C1CC2NNCC2N1. The average molecular weight is 197 g/mol. The maximum Gasteiger partial charge on any atom is 0.155 e. The number of carbonyl (C=O) groups excluding carboxylic acids is 1. The van der Waals surface area contributed by atoms with E-state index in [9.17, 15) is 4.79 Å². The fraction of sp³-hybridized carbons (Fsp3) is 0.900. The van der Waals surface area contributed by atoms with E-state index in [0.29, 0.717) is 17.9 Å². The van der Waals surface area contributed by atoms with E-state index >= 15 is 0 Å². The van der Waals surface area contributed by atoms with Crippen LogP contribution in [0.4, 0.5) is 0 Å². The van der Waals surface area contributed by atoms with Crippen molar-refractivity contribution >= 4 is 5.78 Å². The quantitative estimate of drug-likeness (QED) is 0.545. The van der Waals surface area contributed by atoms with E-state index in [1.54, 1.807) is 0 Å². The third-order valence-corrected chi connectivity index (χ3v) is 3.06. The average Bonchev–Trinajstić information content (AvgIpc) is 2.58. The summed E-state index contributed by atoms with van der Waals surface area (Å²) in [5.74, 6) is 0.328. The van der Waals surface area contributed by atoms with Gasteiger partial charge in [0.2, 0.25) is 0 Å². The van der Waals surface area contributed by atoms with E-state index in [1.165, 1.54) is 0 Å². The second kappa shape index (κ2) is 3.29. The van der Waals surface area contributed by atoms with Crippen molar-refractivity contribution in [2.45, 2.75) is 45.3 Å². The summed E-state index contributed by atoms with van der Waals surface area (Å²) < 4.78 is 0. The first-order valence-corrected chi connectivity index (χ1v) is 5.27. The van der Waals surface area contributed by atoms with Crippen LogP contribution in [0.3, 0.4) is 0 Å². The topological polar surface area (TPSA) is 53.2 Å². The molecule has 4 nitrogen and oxygen atoms in total. The molecular weight excluding hydrogens is 178 g/mol. The number of rotatable bonds is 1. The zero-order valence-electron chi connectivity index (χ0n) is 9.05. The zero-order valence-corrected chi connectivity index (χ0v) is 9.05. The molecule has 0 bridgehead atoms. The lowest BCUT2D eigenvalue weighted by Crippen LogP contribution is -2.43. The third-order valence-electron chi connectivity index (χ3n) is 3.06. The van der Waals surface area contributed by atoms with Crippen LogP contribution in [0.25, 0.3) is 0 Å². The Morgan fingerprint density at radius 1 is 1.29 bits per heavy atom. The summed E-state index contributed by atoms with van der Waals surface area (Å²) in [6.45, 7) is 6.86. The number of hydrogen-bond donors (Lipinski definition) is 3. The highest BCUT2D eigenvalue weighted by Gasteiger charge is 2.42. The first-order chi connectivity index (χ1) is 6.48. The first kappa shape index (κ1) is 10.1. The highest BCUT2D eigenvalue weighted by Crippen LogP contribution is 2.24. The zero-order chi connectivity index (χ0) is 10.3. The summed E-state index contributed by atoms with van der Waals surface area (Å²) in [5.41, 5.74) is 6.06. The fourth-order valence-electron chi connectivity index (χ4n) is 2.23. The molecule has 0 aromatic heterocycles. The predicted molar refractivity (Wildman–Crippen MR) is 54.7 cm³/mol. The van der Waals surface area contributed by atoms with Crippen molar-refractivity contribution in [3.05, 3.63) is 0 Å². The molecular formula is C10H19N3O. The van der Waals surface area contributed by atoms with Crippen LogP contribution in [-0.2, 0) is 4.79 Å². The summed E-state index contributed by atoms with van der Waals surface area (Å²) in [7, 11) is 0. The summed E-state index contributed by atoms with van der Waals surface area (Å²) >= 11 is 0. The van der Waals surface area contributed by atoms with Gasteiger partial charge in [-0.2, -0.15) is 0 Å². The smallest absolute Gasteiger partial charge is 0.155 e. The highest BCUT2D eigenvalue weighted by atomic mass is 16.1. The molecule has 0 saturated carbocycles. The van der Waals surface area contributed by atoms with Gasteiger partial charge in [0.15, 0.2) is 5.78 Å². The van der Waals surface area contributed by atoms with Gasteiger partial charge < -0.3 is 5.32 Å². The molecule has 14 heavy (non-hydrogen) atoms. The lowest BCUT2D eigenvalue weighted by Gasteiger charge is -2.22. The van der Waals surface area contributed by atoms with E-state index in [-0.39, 0.29) is 11.5 Å². The normalized spacial score (nSPS) is 37.2. The van der Waals surface area contributed by atoms with Crippen molar-refractivity contribution in [1.29, 1.82) is 0 Å². The van der Waals surface area contributed by atoms with Gasteiger partial charge in [-0.05, 0) is 6.42 Å². The van der Waals surface area contributed by atoms with E-state index in [4.69, 9.17) is 0 Å². The van der Waals surface area contributed by atoms with Crippen LogP contribution >= 0.6 is 0 Å². The van der Waals surface area contributed by atoms with Gasteiger partial charge in [-0.15, -0.1) is 0 Å². The van der Waals surface area contributed by atoms with Crippen LogP contribution in [-0.4, -0.2) is 30.5 Å². The number of hydrazine groups is 1. The van der Waals surface area contributed by atoms with Gasteiger partial charge in [0, 0.05) is 24.0 Å². The molecule has 3 unspecified atom stereocenters. The molecule has 3 atom stereocenters. The summed E-state index contributed by atoms with van der Waals surface area (Å²) in [4.78, 5) is 12.0. The number of Topliss-reactive ketones (excluding diaryl/α,β-unsaturated/α-hetero) is 1. The summed E-state index contributed by atoms with van der Waals surface area (Å²) in [6.07, 6.45) is 0.910. The van der Waals surface area contributed by atoms with Crippen molar-refractivity contribution in [2.24, 2.45) is 5.41 Å². The highest BCUT2D eigenvalue weighted by molar-refractivity contribution is 5.89. The van der Waals surface area contributed by atoms with Gasteiger partial charge in [-0.1, -0.05) is 20.8 Å². The Morgan fingerprint density at radius 3 is 2.57 bits per heavy atom. The molecule has 2 aliphatic heterocycles. The molecule has 0 aromatic rings. The van der Waals surface area contributed by atoms with Gasteiger partial charge in [0.05, 0.1) is 6.04 Å². The third kappa shape index (κ3) is 1.69. The van der Waals surface area contributed by atoms with Crippen LogP contribution < -0.4 is 16.2 Å². The predicted octanol–water partition coefficient (Wildman–Crippen LogP) is -0.191. The maximum atomic E-state index is 12.0. The molecule has 80 valence electrons. The number of carbonyl (C=O) groups is 1. The molecule has 0 spiro atoms. The minimum Gasteiger partial charge on any atom is -0.302 e. The standard InChI is InChI=1S/C10H19N3O/c1-10(2,3)9(14)7-4-6-8(12-7)5-11-13-6/h6-8,11-13H,4-5H2,1-3H3. The van der Waals surface area contributed by atoms with E-state index in [0.717, 1.165) is 13.0 Å². The molecule has 2 heterocycles. The van der Waals surface area contributed by atoms with Crippen molar-refractivity contribution in [3.8, 4) is 0 Å². The summed E-state index contributed by atoms with van der Waals surface area (Å²) in [6, 6.07) is 0.886. The van der Waals surface area contributed by atoms with Crippen molar-refractivity contribution in [2.75, 3.05) is 6.54 Å². The molecule has 3 N–H and O–H groups in total. The molecule has 2 rings (SSSR count). The van der Waals surface area contributed by atoms with E-state index in [2.05, 4.69) is 16.2 Å².